The van der Waals surface area contributed by atoms with Crippen molar-refractivity contribution in [2.45, 2.75) is 18.4 Å². The van der Waals surface area contributed by atoms with Gasteiger partial charge in [0, 0.05) is 16.1 Å². The van der Waals surface area contributed by atoms with Gasteiger partial charge in [-0.3, -0.25) is 0 Å². The lowest BCUT2D eigenvalue weighted by atomic mass is 10.1. The summed E-state index contributed by atoms with van der Waals surface area (Å²) in [6.45, 7) is 0. The average molecular weight is 220 g/mol. The maximum absolute atomic E-state index is 13.5. The Morgan fingerprint density at radius 2 is 1.77 bits per heavy atom. The van der Waals surface area contributed by atoms with E-state index in [1.807, 2.05) is 0 Å². The van der Waals surface area contributed by atoms with Crippen LogP contribution in [0, 0.1) is 5.82 Å². The predicted octanol–water partition coefficient (Wildman–Crippen LogP) is 3.08. The van der Waals surface area contributed by atoms with Crippen molar-refractivity contribution in [1.29, 1.82) is 0 Å². The van der Waals surface area contributed by atoms with Crippen molar-refractivity contribution in [3.05, 3.63) is 33.6 Å². The highest BCUT2D eigenvalue weighted by molar-refractivity contribution is 6.33. The van der Waals surface area contributed by atoms with Gasteiger partial charge in [0.15, 0.2) is 0 Å². The minimum atomic E-state index is -0.577. The fourth-order valence-electron chi connectivity index (χ4n) is 1.37. The van der Waals surface area contributed by atoms with Crippen molar-refractivity contribution >= 4 is 23.2 Å². The van der Waals surface area contributed by atoms with Gasteiger partial charge in [-0.2, -0.15) is 0 Å². The van der Waals surface area contributed by atoms with Crippen LogP contribution >= 0.6 is 23.2 Å². The Morgan fingerprint density at radius 3 is 2.31 bits per heavy atom. The quantitative estimate of drug-likeness (QED) is 0.723. The van der Waals surface area contributed by atoms with Crippen LogP contribution < -0.4 is 5.73 Å². The maximum atomic E-state index is 13.5. The molecule has 0 aromatic heterocycles. The zero-order valence-electron chi connectivity index (χ0n) is 6.78. The van der Waals surface area contributed by atoms with E-state index in [-0.39, 0.29) is 5.02 Å². The van der Waals surface area contributed by atoms with Crippen molar-refractivity contribution < 1.29 is 4.39 Å². The zero-order valence-corrected chi connectivity index (χ0v) is 8.29. The molecule has 0 radical (unpaired) electrons. The van der Waals surface area contributed by atoms with Crippen LogP contribution in [-0.2, 0) is 5.54 Å². The number of benzene rings is 1. The van der Waals surface area contributed by atoms with Gasteiger partial charge in [0.25, 0.3) is 0 Å². The van der Waals surface area contributed by atoms with E-state index in [0.717, 1.165) is 12.8 Å². The largest absolute Gasteiger partial charge is 0.321 e. The zero-order chi connectivity index (χ0) is 9.64. The van der Waals surface area contributed by atoms with Gasteiger partial charge in [-0.1, -0.05) is 23.2 Å². The highest BCUT2D eigenvalue weighted by Crippen LogP contribution is 2.47. The molecular weight excluding hydrogens is 212 g/mol. The van der Waals surface area contributed by atoms with Crippen molar-refractivity contribution in [2.24, 2.45) is 5.73 Å². The molecule has 0 amide bonds. The summed E-state index contributed by atoms with van der Waals surface area (Å²) in [5, 5.41) is 0.443. The average Bonchev–Trinajstić information content (AvgIpc) is 2.78. The molecule has 0 unspecified atom stereocenters. The summed E-state index contributed by atoms with van der Waals surface area (Å²) >= 11 is 11.5. The molecule has 0 aliphatic heterocycles. The Hall–Kier alpha value is -0.310. The van der Waals surface area contributed by atoms with Crippen LogP contribution in [0.5, 0.6) is 0 Å². The summed E-state index contributed by atoms with van der Waals surface area (Å²) < 4.78 is 13.5. The van der Waals surface area contributed by atoms with Gasteiger partial charge < -0.3 is 5.73 Å². The second kappa shape index (κ2) is 2.84. The summed E-state index contributed by atoms with van der Waals surface area (Å²) in [5.74, 6) is -0.478. The van der Waals surface area contributed by atoms with E-state index in [0.29, 0.717) is 10.6 Å². The topological polar surface area (TPSA) is 26.0 Å². The summed E-state index contributed by atoms with van der Waals surface area (Å²) in [4.78, 5) is 0. The Kier molecular flexibility index (Phi) is 2.02. The second-order valence-corrected chi connectivity index (χ2v) is 4.19. The lowest BCUT2D eigenvalue weighted by Crippen LogP contribution is -2.21. The third-order valence-corrected chi connectivity index (χ3v) is 2.94. The van der Waals surface area contributed by atoms with Gasteiger partial charge in [0.1, 0.15) is 5.82 Å². The highest BCUT2D eigenvalue weighted by atomic mass is 35.5. The lowest BCUT2D eigenvalue weighted by molar-refractivity contribution is 0.579. The van der Waals surface area contributed by atoms with E-state index in [1.54, 1.807) is 6.07 Å². The van der Waals surface area contributed by atoms with Gasteiger partial charge in [-0.05, 0) is 25.0 Å². The molecule has 1 saturated carbocycles. The van der Waals surface area contributed by atoms with Crippen LogP contribution in [0.2, 0.25) is 10.0 Å². The fourth-order valence-corrected chi connectivity index (χ4v) is 1.86. The first-order chi connectivity index (χ1) is 6.04. The number of nitrogens with two attached hydrogens (primary N) is 1. The molecule has 2 rings (SSSR count). The van der Waals surface area contributed by atoms with Gasteiger partial charge in [0.2, 0.25) is 0 Å². The maximum Gasteiger partial charge on any atom is 0.148 e. The molecule has 0 bridgehead atoms. The smallest absolute Gasteiger partial charge is 0.148 e. The molecular formula is C9H8Cl2FN. The molecule has 0 saturated heterocycles. The molecule has 1 fully saturated rings. The van der Waals surface area contributed by atoms with Gasteiger partial charge in [0.05, 0.1) is 5.02 Å². The Morgan fingerprint density at radius 1 is 1.23 bits per heavy atom. The molecule has 70 valence electrons. The first-order valence-electron chi connectivity index (χ1n) is 3.97. The number of rotatable bonds is 1. The summed E-state index contributed by atoms with van der Waals surface area (Å²) in [6, 6.07) is 3.02. The number of halogens is 3. The predicted molar refractivity (Wildman–Crippen MR) is 51.5 cm³/mol. The first kappa shape index (κ1) is 9.25. The van der Waals surface area contributed by atoms with Gasteiger partial charge >= 0.3 is 0 Å². The van der Waals surface area contributed by atoms with Crippen molar-refractivity contribution in [3.8, 4) is 0 Å². The van der Waals surface area contributed by atoms with Crippen LogP contribution in [-0.4, -0.2) is 0 Å². The van der Waals surface area contributed by atoms with Crippen molar-refractivity contribution in [2.75, 3.05) is 0 Å². The van der Waals surface area contributed by atoms with E-state index in [2.05, 4.69) is 0 Å². The standard InChI is InChI=1S/C9H8Cl2FN/c10-5-1-2-6(11)8(12)7(5)9(13)3-4-9/h1-2H,3-4,13H2. The second-order valence-electron chi connectivity index (χ2n) is 3.37. The van der Waals surface area contributed by atoms with Crippen LogP contribution in [0.3, 0.4) is 0 Å². The molecule has 4 heteroatoms. The molecule has 1 aromatic rings. The van der Waals surface area contributed by atoms with E-state index >= 15 is 0 Å². The molecule has 13 heavy (non-hydrogen) atoms. The highest BCUT2D eigenvalue weighted by Gasteiger charge is 2.44. The molecule has 0 atom stereocenters. The summed E-state index contributed by atoms with van der Waals surface area (Å²) in [7, 11) is 0. The third-order valence-electron chi connectivity index (χ3n) is 2.33. The van der Waals surface area contributed by atoms with E-state index in [1.165, 1.54) is 6.07 Å². The molecule has 1 nitrogen and oxygen atoms in total. The number of hydrogen-bond acceptors (Lipinski definition) is 1. The molecule has 0 spiro atoms. The molecule has 1 aliphatic carbocycles. The first-order valence-corrected chi connectivity index (χ1v) is 4.73. The van der Waals surface area contributed by atoms with Crippen LogP contribution in [0.4, 0.5) is 4.39 Å². The van der Waals surface area contributed by atoms with E-state index in [9.17, 15) is 4.39 Å². The minimum absolute atomic E-state index is 0.0797. The summed E-state index contributed by atoms with van der Waals surface area (Å²) in [6.07, 6.45) is 1.54. The Balaban J connectivity index is 2.61. The molecule has 0 heterocycles. The monoisotopic (exact) mass is 219 g/mol. The minimum Gasteiger partial charge on any atom is -0.321 e. The van der Waals surface area contributed by atoms with Gasteiger partial charge in [-0.25, -0.2) is 4.39 Å². The third kappa shape index (κ3) is 1.43. The molecule has 2 N–H and O–H groups in total. The van der Waals surface area contributed by atoms with Crippen LogP contribution in [0.15, 0.2) is 12.1 Å². The van der Waals surface area contributed by atoms with E-state index in [4.69, 9.17) is 28.9 Å². The number of hydrogen-bond donors (Lipinski definition) is 1. The van der Waals surface area contributed by atoms with Crippen molar-refractivity contribution in [1.82, 2.24) is 0 Å². The summed E-state index contributed by atoms with van der Waals surface area (Å²) in [5.41, 5.74) is 5.64. The van der Waals surface area contributed by atoms with E-state index < -0.39 is 11.4 Å². The molecule has 1 aromatic carbocycles. The SMILES string of the molecule is NC1(c2c(Cl)ccc(Cl)c2F)CC1. The Labute approximate surface area is 85.6 Å². The van der Waals surface area contributed by atoms with Crippen LogP contribution in [0.25, 0.3) is 0 Å². The molecule has 1 aliphatic rings. The normalized spacial score (nSPS) is 18.8. The van der Waals surface area contributed by atoms with Crippen molar-refractivity contribution in [3.63, 3.8) is 0 Å². The Bertz CT molecular complexity index is 361. The fraction of sp³-hybridized carbons (Fsp3) is 0.333. The van der Waals surface area contributed by atoms with Gasteiger partial charge in [-0.15, -0.1) is 0 Å². The van der Waals surface area contributed by atoms with Crippen LogP contribution in [0.1, 0.15) is 18.4 Å². The lowest BCUT2D eigenvalue weighted by Gasteiger charge is -2.13.